The molecule has 2 heterocycles. The van der Waals surface area contributed by atoms with Gasteiger partial charge < -0.3 is 4.90 Å². The summed E-state index contributed by atoms with van der Waals surface area (Å²) in [6, 6.07) is 18.1. The molecule has 2 aliphatic rings. The largest absolute Gasteiger partial charge is 0.309 e. The molecule has 1 N–H and O–H groups in total. The van der Waals surface area contributed by atoms with Crippen LogP contribution in [0.2, 0.25) is 0 Å². The Morgan fingerprint density at radius 3 is 2.64 bits per heavy atom. The van der Waals surface area contributed by atoms with Crippen molar-refractivity contribution in [3.05, 3.63) is 65.7 Å². The second-order valence-electron chi connectivity index (χ2n) is 6.36. The van der Waals surface area contributed by atoms with Crippen LogP contribution in [-0.2, 0) is 9.67 Å². The van der Waals surface area contributed by atoms with E-state index < -0.39 is 4.87 Å². The summed E-state index contributed by atoms with van der Waals surface area (Å²) < 4.78 is 0. The molecule has 2 aromatic carbocycles. The molecule has 0 saturated carbocycles. The monoisotopic (exact) mass is 351 g/mol. The van der Waals surface area contributed by atoms with Crippen molar-refractivity contribution >= 4 is 28.4 Å². The number of anilines is 1. The third-order valence-electron chi connectivity index (χ3n) is 4.69. The molecule has 0 fully saturated rings. The number of nitrogens with zero attached hydrogens (tertiary/aromatic N) is 2. The fourth-order valence-electron chi connectivity index (χ4n) is 3.39. The first-order valence-electron chi connectivity index (χ1n) is 8.77. The highest BCUT2D eigenvalue weighted by atomic mass is 32.2. The zero-order valence-electron chi connectivity index (χ0n) is 14.2. The number of para-hydroxylation sites is 1. The highest BCUT2D eigenvalue weighted by Gasteiger charge is 2.55. The molecular formula is C20H21N3OS. The van der Waals surface area contributed by atoms with E-state index in [2.05, 4.69) is 17.5 Å². The number of nitrogens with one attached hydrogen (secondary N) is 1. The van der Waals surface area contributed by atoms with Crippen LogP contribution in [0.1, 0.15) is 37.3 Å². The van der Waals surface area contributed by atoms with Gasteiger partial charge in [-0.15, -0.1) is 0 Å². The number of unbranched alkanes of at least 4 members (excludes halogenated alkanes) is 2. The summed E-state index contributed by atoms with van der Waals surface area (Å²) >= 11 is 1.52. The van der Waals surface area contributed by atoms with Crippen molar-refractivity contribution in [1.82, 2.24) is 5.43 Å². The summed E-state index contributed by atoms with van der Waals surface area (Å²) in [5.41, 5.74) is 6.22. The van der Waals surface area contributed by atoms with E-state index in [1.807, 2.05) is 59.5 Å². The Morgan fingerprint density at radius 2 is 1.84 bits per heavy atom. The number of rotatable bonds is 5. The molecule has 0 bridgehead atoms. The van der Waals surface area contributed by atoms with E-state index in [-0.39, 0.29) is 5.91 Å². The van der Waals surface area contributed by atoms with Gasteiger partial charge in [-0.2, -0.15) is 5.10 Å². The van der Waals surface area contributed by atoms with Crippen molar-refractivity contribution in [2.75, 3.05) is 11.4 Å². The Balaban J connectivity index is 1.66. The minimum absolute atomic E-state index is 0.0875. The Bertz CT molecular complexity index is 821. The molecule has 4 nitrogen and oxygen atoms in total. The number of carbonyl (C=O) groups excluding carboxylic acids is 1. The summed E-state index contributed by atoms with van der Waals surface area (Å²) in [5, 5.41) is 5.36. The quantitative estimate of drug-likeness (QED) is 0.826. The molecule has 0 aromatic heterocycles. The minimum atomic E-state index is -0.825. The van der Waals surface area contributed by atoms with Gasteiger partial charge in [-0.25, -0.2) is 0 Å². The van der Waals surface area contributed by atoms with Crippen molar-refractivity contribution in [2.45, 2.75) is 31.1 Å². The zero-order chi connectivity index (χ0) is 17.3. The first-order chi connectivity index (χ1) is 12.3. The number of amides is 1. The maximum atomic E-state index is 13.3. The van der Waals surface area contributed by atoms with Crippen LogP contribution in [0.3, 0.4) is 0 Å². The van der Waals surface area contributed by atoms with E-state index in [0.29, 0.717) is 0 Å². The van der Waals surface area contributed by atoms with Crippen molar-refractivity contribution < 1.29 is 4.79 Å². The van der Waals surface area contributed by atoms with E-state index in [9.17, 15) is 4.79 Å². The Morgan fingerprint density at radius 1 is 1.08 bits per heavy atom. The van der Waals surface area contributed by atoms with Crippen LogP contribution >= 0.6 is 11.8 Å². The minimum Gasteiger partial charge on any atom is -0.309 e. The summed E-state index contributed by atoms with van der Waals surface area (Å²) in [6.45, 7) is 2.93. The number of hydrogen-bond acceptors (Lipinski definition) is 4. The summed E-state index contributed by atoms with van der Waals surface area (Å²) in [4.78, 5) is 14.4. The van der Waals surface area contributed by atoms with Gasteiger partial charge in [-0.3, -0.25) is 10.2 Å². The predicted octanol–water partition coefficient (Wildman–Crippen LogP) is 4.07. The average Bonchev–Trinajstić information content (AvgIpc) is 3.20. The smallest absolute Gasteiger partial charge is 0.269 e. The maximum Gasteiger partial charge on any atom is 0.269 e. The van der Waals surface area contributed by atoms with Gasteiger partial charge in [0.25, 0.3) is 5.91 Å². The number of fused-ring (bicyclic) bond motifs is 2. The van der Waals surface area contributed by atoms with Crippen LogP contribution in [-0.4, -0.2) is 17.5 Å². The summed E-state index contributed by atoms with van der Waals surface area (Å²) in [5.74, 6) is 0.0875. The van der Waals surface area contributed by atoms with Gasteiger partial charge in [0, 0.05) is 17.7 Å². The van der Waals surface area contributed by atoms with Gasteiger partial charge >= 0.3 is 0 Å². The van der Waals surface area contributed by atoms with E-state index >= 15 is 0 Å². The Kier molecular flexibility index (Phi) is 4.25. The molecular weight excluding hydrogens is 330 g/mol. The highest BCUT2D eigenvalue weighted by Crippen LogP contribution is 2.50. The second kappa shape index (κ2) is 6.56. The second-order valence-corrected chi connectivity index (χ2v) is 7.56. The van der Waals surface area contributed by atoms with E-state index in [1.165, 1.54) is 11.8 Å². The highest BCUT2D eigenvalue weighted by molar-refractivity contribution is 8.16. The molecule has 1 amide bonds. The molecule has 4 rings (SSSR count). The van der Waals surface area contributed by atoms with Gasteiger partial charge in [-0.05, 0) is 12.5 Å². The van der Waals surface area contributed by atoms with Gasteiger partial charge in [-0.1, -0.05) is 80.1 Å². The van der Waals surface area contributed by atoms with E-state index in [0.717, 1.165) is 47.7 Å². The lowest BCUT2D eigenvalue weighted by atomic mass is 10.1. The molecule has 2 aromatic rings. The lowest BCUT2D eigenvalue weighted by Gasteiger charge is -2.22. The fourth-order valence-corrected chi connectivity index (χ4v) is 4.60. The topological polar surface area (TPSA) is 44.7 Å². The number of thioether (sulfide) groups is 1. The van der Waals surface area contributed by atoms with Crippen molar-refractivity contribution in [2.24, 2.45) is 5.10 Å². The van der Waals surface area contributed by atoms with Crippen LogP contribution in [0, 0.1) is 0 Å². The molecule has 128 valence electrons. The lowest BCUT2D eigenvalue weighted by molar-refractivity contribution is -0.121. The molecule has 2 aliphatic heterocycles. The molecule has 0 unspecified atom stereocenters. The van der Waals surface area contributed by atoms with Crippen LogP contribution in [0.5, 0.6) is 0 Å². The third-order valence-corrected chi connectivity index (χ3v) is 6.00. The molecule has 1 atom stereocenters. The first kappa shape index (κ1) is 16.2. The molecule has 0 saturated heterocycles. The number of benzene rings is 2. The van der Waals surface area contributed by atoms with E-state index in [1.54, 1.807) is 0 Å². The number of hydrogen-bond donors (Lipinski definition) is 1. The van der Waals surface area contributed by atoms with Gasteiger partial charge in [0.2, 0.25) is 4.87 Å². The van der Waals surface area contributed by atoms with Crippen LogP contribution in [0.25, 0.3) is 0 Å². The van der Waals surface area contributed by atoms with Crippen molar-refractivity contribution in [3.8, 4) is 0 Å². The Labute approximate surface area is 152 Å². The van der Waals surface area contributed by atoms with Gasteiger partial charge in [0.15, 0.2) is 0 Å². The van der Waals surface area contributed by atoms with Crippen molar-refractivity contribution in [3.63, 3.8) is 0 Å². The SMILES string of the molecule is CCCCCN1C(=O)[C@]2(NN=C(c3ccccc3)S2)c2ccccc21. The average molecular weight is 351 g/mol. The van der Waals surface area contributed by atoms with Crippen LogP contribution in [0.15, 0.2) is 59.7 Å². The molecule has 0 aliphatic carbocycles. The molecule has 25 heavy (non-hydrogen) atoms. The fraction of sp³-hybridized carbons (Fsp3) is 0.300. The molecule has 5 heteroatoms. The lowest BCUT2D eigenvalue weighted by Crippen LogP contribution is -2.44. The summed E-state index contributed by atoms with van der Waals surface area (Å²) in [7, 11) is 0. The molecule has 1 spiro atoms. The first-order valence-corrected chi connectivity index (χ1v) is 9.58. The Hall–Kier alpha value is -2.27. The van der Waals surface area contributed by atoms with Gasteiger partial charge in [0.05, 0.1) is 5.69 Å². The summed E-state index contributed by atoms with van der Waals surface area (Å²) in [6.07, 6.45) is 3.29. The maximum absolute atomic E-state index is 13.3. The standard InChI is InChI=1S/C20H21N3OS/c1-2-3-9-14-23-17-13-8-7-12-16(17)20(19(23)24)22-21-18(25-20)15-10-5-4-6-11-15/h4-8,10-13,22H,2-3,9,14H2,1H3/t20-/m0/s1. The van der Waals surface area contributed by atoms with Crippen molar-refractivity contribution in [1.29, 1.82) is 0 Å². The predicted molar refractivity (Wildman–Crippen MR) is 104 cm³/mol. The molecule has 0 radical (unpaired) electrons. The van der Waals surface area contributed by atoms with E-state index in [4.69, 9.17) is 0 Å². The zero-order valence-corrected chi connectivity index (χ0v) is 15.1. The normalized spacial score (nSPS) is 21.4. The number of hydrazone groups is 1. The van der Waals surface area contributed by atoms with Gasteiger partial charge in [0.1, 0.15) is 5.04 Å². The number of carbonyl (C=O) groups is 1. The van der Waals surface area contributed by atoms with Crippen LogP contribution in [0.4, 0.5) is 5.69 Å². The van der Waals surface area contributed by atoms with Crippen LogP contribution < -0.4 is 10.3 Å². The third kappa shape index (κ3) is 2.63.